The van der Waals surface area contributed by atoms with Gasteiger partial charge in [0.25, 0.3) is 5.91 Å². The van der Waals surface area contributed by atoms with Crippen LogP contribution in [0, 0.1) is 5.92 Å². The molecule has 6 heteroatoms. The highest BCUT2D eigenvalue weighted by molar-refractivity contribution is 7.18. The Morgan fingerprint density at radius 3 is 2.85 bits per heavy atom. The number of rotatable bonds is 6. The van der Waals surface area contributed by atoms with Crippen molar-refractivity contribution in [2.24, 2.45) is 5.92 Å². The maximum atomic E-state index is 12.3. The second-order valence-electron chi connectivity index (χ2n) is 7.08. The minimum atomic E-state index is -0.757. The van der Waals surface area contributed by atoms with Crippen molar-refractivity contribution >= 4 is 33.4 Å². The summed E-state index contributed by atoms with van der Waals surface area (Å²) < 4.78 is 6.43. The van der Waals surface area contributed by atoms with Crippen LogP contribution in [0.5, 0.6) is 0 Å². The number of fused-ring (bicyclic) bond motifs is 1. The maximum Gasteiger partial charge on any atom is 0.306 e. The predicted molar refractivity (Wildman–Crippen MR) is 103 cm³/mol. The van der Waals surface area contributed by atoms with E-state index in [0.717, 1.165) is 34.5 Å². The number of nitrogens with zero attached hydrogens (tertiary/aromatic N) is 1. The third-order valence-corrected chi connectivity index (χ3v) is 6.09. The number of carbonyl (C=O) groups excluding carboxylic acids is 2. The van der Waals surface area contributed by atoms with Crippen LogP contribution in [0.15, 0.2) is 24.3 Å². The minimum absolute atomic E-state index is 0.195. The summed E-state index contributed by atoms with van der Waals surface area (Å²) in [5.74, 6) is -0.0738. The van der Waals surface area contributed by atoms with Crippen LogP contribution < -0.4 is 5.32 Å². The molecule has 1 aliphatic carbocycles. The van der Waals surface area contributed by atoms with Crippen LogP contribution in [0.1, 0.15) is 51.0 Å². The number of benzene rings is 1. The van der Waals surface area contributed by atoms with Gasteiger partial charge in [-0.25, -0.2) is 4.98 Å². The van der Waals surface area contributed by atoms with Gasteiger partial charge in [0.05, 0.1) is 21.6 Å². The molecule has 1 saturated carbocycles. The lowest BCUT2D eigenvalue weighted by molar-refractivity contribution is -0.155. The van der Waals surface area contributed by atoms with Crippen LogP contribution in [-0.2, 0) is 20.7 Å². The molecule has 140 valence electrons. The van der Waals surface area contributed by atoms with Crippen LogP contribution in [0.25, 0.3) is 10.2 Å². The Balaban J connectivity index is 1.45. The SMILES string of the molecule is C[C@@H]1CCCC[C@@H]1NC(=O)[C@@H](C)OC(=O)CCc1nc2ccccc2s1. The molecule has 0 spiro atoms. The molecule has 1 aromatic heterocycles. The van der Waals surface area contributed by atoms with Crippen molar-refractivity contribution in [3.8, 4) is 0 Å². The molecule has 5 nitrogen and oxygen atoms in total. The lowest BCUT2D eigenvalue weighted by atomic mass is 9.86. The largest absolute Gasteiger partial charge is 0.453 e. The van der Waals surface area contributed by atoms with Gasteiger partial charge in [0, 0.05) is 12.5 Å². The first kappa shape index (κ1) is 18.8. The normalized spacial score (nSPS) is 21.3. The number of aryl methyl sites for hydroxylation is 1. The Morgan fingerprint density at radius 2 is 2.08 bits per heavy atom. The van der Waals surface area contributed by atoms with Crippen molar-refractivity contribution < 1.29 is 14.3 Å². The van der Waals surface area contributed by atoms with Crippen LogP contribution in [0.2, 0.25) is 0 Å². The van der Waals surface area contributed by atoms with E-state index in [9.17, 15) is 9.59 Å². The highest BCUT2D eigenvalue weighted by atomic mass is 32.1. The molecule has 1 fully saturated rings. The zero-order valence-electron chi connectivity index (χ0n) is 15.4. The quantitative estimate of drug-likeness (QED) is 0.780. The zero-order chi connectivity index (χ0) is 18.5. The van der Waals surface area contributed by atoms with E-state index in [0.29, 0.717) is 12.3 Å². The first-order valence-corrected chi connectivity index (χ1v) is 10.2. The Morgan fingerprint density at radius 1 is 1.31 bits per heavy atom. The molecule has 1 heterocycles. The number of aromatic nitrogens is 1. The lowest BCUT2D eigenvalue weighted by Gasteiger charge is -2.30. The minimum Gasteiger partial charge on any atom is -0.453 e. The first-order chi connectivity index (χ1) is 12.5. The van der Waals surface area contributed by atoms with E-state index in [-0.39, 0.29) is 24.3 Å². The number of esters is 1. The molecule has 3 atom stereocenters. The van der Waals surface area contributed by atoms with Crippen molar-refractivity contribution in [1.82, 2.24) is 10.3 Å². The summed E-state index contributed by atoms with van der Waals surface area (Å²) in [6.45, 7) is 3.80. The molecule has 0 aliphatic heterocycles. The van der Waals surface area contributed by atoms with Gasteiger partial charge in [-0.15, -0.1) is 11.3 Å². The van der Waals surface area contributed by atoms with Crippen molar-refractivity contribution in [2.45, 2.75) is 64.5 Å². The van der Waals surface area contributed by atoms with Crippen LogP contribution in [-0.4, -0.2) is 29.0 Å². The van der Waals surface area contributed by atoms with E-state index < -0.39 is 6.10 Å². The van der Waals surface area contributed by atoms with Gasteiger partial charge in [0.2, 0.25) is 0 Å². The molecule has 2 aromatic rings. The zero-order valence-corrected chi connectivity index (χ0v) is 16.2. The molecule has 26 heavy (non-hydrogen) atoms. The number of carbonyl (C=O) groups is 2. The molecule has 0 bridgehead atoms. The lowest BCUT2D eigenvalue weighted by Crippen LogP contribution is -2.46. The number of ether oxygens (including phenoxy) is 1. The van der Waals surface area contributed by atoms with Gasteiger partial charge in [-0.05, 0) is 37.8 Å². The summed E-state index contributed by atoms with van der Waals surface area (Å²) in [5.41, 5.74) is 0.954. The van der Waals surface area contributed by atoms with Gasteiger partial charge in [-0.1, -0.05) is 31.9 Å². The summed E-state index contributed by atoms with van der Waals surface area (Å²) in [6.07, 6.45) is 4.53. The molecular weight excluding hydrogens is 348 g/mol. The molecule has 1 amide bonds. The predicted octanol–water partition coefficient (Wildman–Crippen LogP) is 3.86. The second kappa shape index (κ2) is 8.62. The number of para-hydroxylation sites is 1. The average Bonchev–Trinajstić information content (AvgIpc) is 3.05. The number of thiazole rings is 1. The molecule has 1 aromatic carbocycles. The molecular formula is C20H26N2O3S. The number of hydrogen-bond donors (Lipinski definition) is 1. The van der Waals surface area contributed by atoms with Crippen LogP contribution >= 0.6 is 11.3 Å². The van der Waals surface area contributed by atoms with Gasteiger partial charge in [0.1, 0.15) is 0 Å². The van der Waals surface area contributed by atoms with Crippen LogP contribution in [0.3, 0.4) is 0 Å². The summed E-state index contributed by atoms with van der Waals surface area (Å²) in [5, 5.41) is 3.95. The Kier molecular flexibility index (Phi) is 6.25. The van der Waals surface area contributed by atoms with Gasteiger partial charge >= 0.3 is 5.97 Å². The van der Waals surface area contributed by atoms with Crippen molar-refractivity contribution in [2.75, 3.05) is 0 Å². The average molecular weight is 375 g/mol. The number of nitrogens with one attached hydrogen (secondary N) is 1. The van der Waals surface area contributed by atoms with E-state index in [1.165, 1.54) is 6.42 Å². The summed E-state index contributed by atoms with van der Waals surface area (Å²) >= 11 is 1.59. The summed E-state index contributed by atoms with van der Waals surface area (Å²) in [6, 6.07) is 8.11. The number of hydrogen-bond acceptors (Lipinski definition) is 5. The topological polar surface area (TPSA) is 68.3 Å². The molecule has 0 unspecified atom stereocenters. The Labute approximate surface area is 158 Å². The third-order valence-electron chi connectivity index (χ3n) is 5.00. The smallest absolute Gasteiger partial charge is 0.306 e. The molecule has 3 rings (SSSR count). The van der Waals surface area contributed by atoms with E-state index in [2.05, 4.69) is 17.2 Å². The summed E-state index contributed by atoms with van der Waals surface area (Å²) in [7, 11) is 0. The monoisotopic (exact) mass is 374 g/mol. The van der Waals surface area contributed by atoms with Crippen molar-refractivity contribution in [3.05, 3.63) is 29.3 Å². The van der Waals surface area contributed by atoms with E-state index >= 15 is 0 Å². The van der Waals surface area contributed by atoms with Gasteiger partial charge in [-0.3, -0.25) is 9.59 Å². The number of amides is 1. The highest BCUT2D eigenvalue weighted by Crippen LogP contribution is 2.24. The van der Waals surface area contributed by atoms with Gasteiger partial charge in [0.15, 0.2) is 6.10 Å². The molecule has 0 saturated heterocycles. The Hall–Kier alpha value is -1.95. The molecule has 1 N–H and O–H groups in total. The first-order valence-electron chi connectivity index (χ1n) is 9.37. The van der Waals surface area contributed by atoms with Crippen molar-refractivity contribution in [1.29, 1.82) is 0 Å². The summed E-state index contributed by atoms with van der Waals surface area (Å²) in [4.78, 5) is 28.9. The highest BCUT2D eigenvalue weighted by Gasteiger charge is 2.26. The van der Waals surface area contributed by atoms with Gasteiger partial charge < -0.3 is 10.1 Å². The van der Waals surface area contributed by atoms with Crippen molar-refractivity contribution in [3.63, 3.8) is 0 Å². The second-order valence-corrected chi connectivity index (χ2v) is 8.20. The Bertz CT molecular complexity index is 740. The fraction of sp³-hybridized carbons (Fsp3) is 0.550. The van der Waals surface area contributed by atoms with Crippen LogP contribution in [0.4, 0.5) is 0 Å². The van der Waals surface area contributed by atoms with E-state index in [4.69, 9.17) is 4.74 Å². The van der Waals surface area contributed by atoms with Gasteiger partial charge in [-0.2, -0.15) is 0 Å². The fourth-order valence-corrected chi connectivity index (χ4v) is 4.34. The fourth-order valence-electron chi connectivity index (χ4n) is 3.38. The molecule has 1 aliphatic rings. The maximum absolute atomic E-state index is 12.3. The standard InChI is InChI=1S/C20H26N2O3S/c1-13-7-3-4-8-15(13)22-20(24)14(2)25-19(23)12-11-18-21-16-9-5-6-10-17(16)26-18/h5-6,9-10,13-15H,3-4,7-8,11-12H2,1-2H3,(H,22,24)/t13-,14-,15+/m1/s1. The van der Waals surface area contributed by atoms with E-state index in [1.807, 2.05) is 24.3 Å². The molecule has 0 radical (unpaired) electrons. The van der Waals surface area contributed by atoms with E-state index in [1.54, 1.807) is 18.3 Å². The third kappa shape index (κ3) is 4.81.